The zero-order valence-electron chi connectivity index (χ0n) is 12.8. The standard InChI is InChI=1S/C18H12Cl3N3O/c19-12-4-1-3-11(9-12)18(25)23-13-7-8-16(22-10-13)24-15-6-2-5-14(20)17(15)21/h1-10H,(H,22,24)(H,23,25). The summed E-state index contributed by atoms with van der Waals surface area (Å²) in [4.78, 5) is 16.4. The van der Waals surface area contributed by atoms with Gasteiger partial charge >= 0.3 is 0 Å². The van der Waals surface area contributed by atoms with E-state index in [2.05, 4.69) is 15.6 Å². The van der Waals surface area contributed by atoms with Gasteiger partial charge in [0, 0.05) is 10.6 Å². The van der Waals surface area contributed by atoms with E-state index in [1.54, 1.807) is 60.8 Å². The van der Waals surface area contributed by atoms with Crippen molar-refractivity contribution < 1.29 is 4.79 Å². The van der Waals surface area contributed by atoms with Crippen molar-refractivity contribution in [2.24, 2.45) is 0 Å². The second-order valence-corrected chi connectivity index (χ2v) is 6.34. The Hall–Kier alpha value is -2.27. The van der Waals surface area contributed by atoms with Crippen molar-refractivity contribution in [2.45, 2.75) is 0 Å². The zero-order chi connectivity index (χ0) is 17.8. The average molecular weight is 393 g/mol. The molecule has 0 bridgehead atoms. The van der Waals surface area contributed by atoms with Gasteiger partial charge < -0.3 is 10.6 Å². The monoisotopic (exact) mass is 391 g/mol. The molecule has 126 valence electrons. The Morgan fingerprint density at radius 1 is 0.960 bits per heavy atom. The summed E-state index contributed by atoms with van der Waals surface area (Å²) in [7, 11) is 0. The van der Waals surface area contributed by atoms with Crippen molar-refractivity contribution in [3.05, 3.63) is 81.4 Å². The van der Waals surface area contributed by atoms with Crippen LogP contribution in [0.25, 0.3) is 0 Å². The molecule has 3 aromatic rings. The normalized spacial score (nSPS) is 10.4. The van der Waals surface area contributed by atoms with Crippen LogP contribution in [0.15, 0.2) is 60.8 Å². The molecule has 0 aliphatic carbocycles. The maximum absolute atomic E-state index is 12.2. The summed E-state index contributed by atoms with van der Waals surface area (Å²) in [6.45, 7) is 0. The van der Waals surface area contributed by atoms with Crippen LogP contribution in [0.4, 0.5) is 17.2 Å². The Bertz CT molecular complexity index is 914. The minimum atomic E-state index is -0.261. The summed E-state index contributed by atoms with van der Waals surface area (Å²) >= 11 is 18.0. The Kier molecular flexibility index (Phi) is 5.43. The summed E-state index contributed by atoms with van der Waals surface area (Å²) in [5.41, 5.74) is 1.69. The molecule has 4 nitrogen and oxygen atoms in total. The molecule has 2 aromatic carbocycles. The molecule has 0 saturated carbocycles. The predicted octanol–water partition coefficient (Wildman–Crippen LogP) is 6.04. The molecule has 7 heteroatoms. The van der Waals surface area contributed by atoms with Gasteiger partial charge in [0.15, 0.2) is 0 Å². The van der Waals surface area contributed by atoms with E-state index < -0.39 is 0 Å². The molecule has 1 amide bonds. The summed E-state index contributed by atoms with van der Waals surface area (Å²) in [6.07, 6.45) is 1.54. The van der Waals surface area contributed by atoms with Crippen molar-refractivity contribution in [2.75, 3.05) is 10.6 Å². The molecule has 0 aliphatic rings. The molecular formula is C18H12Cl3N3O. The first-order chi connectivity index (χ1) is 12.0. The molecule has 1 aromatic heterocycles. The third kappa shape index (κ3) is 4.42. The average Bonchev–Trinajstić information content (AvgIpc) is 2.60. The number of aromatic nitrogens is 1. The van der Waals surface area contributed by atoms with E-state index in [0.717, 1.165) is 0 Å². The van der Waals surface area contributed by atoms with Crippen molar-refractivity contribution in [1.29, 1.82) is 0 Å². The first-order valence-electron chi connectivity index (χ1n) is 7.27. The van der Waals surface area contributed by atoms with E-state index in [-0.39, 0.29) is 5.91 Å². The van der Waals surface area contributed by atoms with Gasteiger partial charge in [-0.3, -0.25) is 4.79 Å². The van der Waals surface area contributed by atoms with E-state index in [1.165, 1.54) is 0 Å². The molecule has 0 aliphatic heterocycles. The Balaban J connectivity index is 1.70. The highest BCUT2D eigenvalue weighted by molar-refractivity contribution is 6.43. The molecule has 0 fully saturated rings. The van der Waals surface area contributed by atoms with Gasteiger partial charge in [-0.25, -0.2) is 4.98 Å². The third-order valence-electron chi connectivity index (χ3n) is 3.32. The number of halogens is 3. The first kappa shape index (κ1) is 17.5. The van der Waals surface area contributed by atoms with Crippen molar-refractivity contribution in [1.82, 2.24) is 4.98 Å². The van der Waals surface area contributed by atoms with Crippen LogP contribution in [0.5, 0.6) is 0 Å². The van der Waals surface area contributed by atoms with Crippen LogP contribution in [0.1, 0.15) is 10.4 Å². The van der Waals surface area contributed by atoms with Crippen molar-refractivity contribution in [3.63, 3.8) is 0 Å². The SMILES string of the molecule is O=C(Nc1ccc(Nc2cccc(Cl)c2Cl)nc1)c1cccc(Cl)c1. The minimum Gasteiger partial charge on any atom is -0.339 e. The fraction of sp³-hybridized carbons (Fsp3) is 0. The maximum atomic E-state index is 12.2. The second kappa shape index (κ2) is 7.74. The van der Waals surface area contributed by atoms with E-state index >= 15 is 0 Å². The van der Waals surface area contributed by atoms with Crippen molar-refractivity contribution in [3.8, 4) is 0 Å². The van der Waals surface area contributed by atoms with Crippen LogP contribution < -0.4 is 10.6 Å². The molecule has 3 rings (SSSR count). The molecule has 0 spiro atoms. The number of amides is 1. The highest BCUT2D eigenvalue weighted by atomic mass is 35.5. The predicted molar refractivity (Wildman–Crippen MR) is 103 cm³/mol. The smallest absolute Gasteiger partial charge is 0.255 e. The molecule has 0 saturated heterocycles. The van der Waals surface area contributed by atoms with Gasteiger partial charge in [-0.05, 0) is 42.5 Å². The number of hydrogen-bond donors (Lipinski definition) is 2. The number of anilines is 3. The molecule has 25 heavy (non-hydrogen) atoms. The summed E-state index contributed by atoms with van der Waals surface area (Å²) in [6, 6.07) is 15.5. The summed E-state index contributed by atoms with van der Waals surface area (Å²) in [5, 5.41) is 7.22. The lowest BCUT2D eigenvalue weighted by Gasteiger charge is -2.10. The van der Waals surface area contributed by atoms with Gasteiger partial charge in [-0.1, -0.05) is 46.9 Å². The summed E-state index contributed by atoms with van der Waals surface area (Å²) in [5.74, 6) is 0.313. The lowest BCUT2D eigenvalue weighted by molar-refractivity contribution is 0.102. The Morgan fingerprint density at radius 3 is 2.48 bits per heavy atom. The lowest BCUT2D eigenvalue weighted by atomic mass is 10.2. The van der Waals surface area contributed by atoms with E-state index in [1.807, 2.05) is 0 Å². The van der Waals surface area contributed by atoms with Gasteiger partial charge in [-0.15, -0.1) is 0 Å². The quantitative estimate of drug-likeness (QED) is 0.569. The number of carbonyl (C=O) groups is 1. The van der Waals surface area contributed by atoms with Crippen LogP contribution in [-0.4, -0.2) is 10.9 Å². The second-order valence-electron chi connectivity index (χ2n) is 5.12. The zero-order valence-corrected chi connectivity index (χ0v) is 15.0. The van der Waals surface area contributed by atoms with Gasteiger partial charge in [-0.2, -0.15) is 0 Å². The van der Waals surface area contributed by atoms with Crippen molar-refractivity contribution >= 4 is 57.9 Å². The Labute approximate surface area is 159 Å². The molecular weight excluding hydrogens is 381 g/mol. The molecule has 0 unspecified atom stereocenters. The number of hydrogen-bond acceptors (Lipinski definition) is 3. The highest BCUT2D eigenvalue weighted by Crippen LogP contribution is 2.31. The minimum absolute atomic E-state index is 0.261. The van der Waals surface area contributed by atoms with E-state index in [9.17, 15) is 4.79 Å². The number of nitrogens with zero attached hydrogens (tertiary/aromatic N) is 1. The number of benzene rings is 2. The molecule has 0 radical (unpaired) electrons. The number of pyridine rings is 1. The van der Waals surface area contributed by atoms with Crippen LogP contribution in [0, 0.1) is 0 Å². The fourth-order valence-corrected chi connectivity index (χ4v) is 2.65. The topological polar surface area (TPSA) is 54.0 Å². The Morgan fingerprint density at radius 2 is 1.76 bits per heavy atom. The van der Waals surface area contributed by atoms with Gasteiger partial charge in [0.1, 0.15) is 5.82 Å². The number of carbonyl (C=O) groups excluding carboxylic acids is 1. The molecule has 1 heterocycles. The summed E-state index contributed by atoms with van der Waals surface area (Å²) < 4.78 is 0. The number of nitrogens with one attached hydrogen (secondary N) is 2. The van der Waals surface area contributed by atoms with Crippen LogP contribution in [-0.2, 0) is 0 Å². The van der Waals surface area contributed by atoms with Gasteiger partial charge in [0.2, 0.25) is 0 Å². The van der Waals surface area contributed by atoms with E-state index in [0.29, 0.717) is 37.8 Å². The van der Waals surface area contributed by atoms with Crippen LogP contribution in [0.3, 0.4) is 0 Å². The highest BCUT2D eigenvalue weighted by Gasteiger charge is 2.08. The van der Waals surface area contributed by atoms with E-state index in [4.69, 9.17) is 34.8 Å². The lowest BCUT2D eigenvalue weighted by Crippen LogP contribution is -2.12. The van der Waals surface area contributed by atoms with Gasteiger partial charge in [0.25, 0.3) is 5.91 Å². The first-order valence-corrected chi connectivity index (χ1v) is 8.40. The molecule has 0 atom stereocenters. The fourth-order valence-electron chi connectivity index (χ4n) is 2.11. The third-order valence-corrected chi connectivity index (χ3v) is 4.38. The molecule has 2 N–H and O–H groups in total. The maximum Gasteiger partial charge on any atom is 0.255 e. The number of rotatable bonds is 4. The largest absolute Gasteiger partial charge is 0.339 e. The van der Waals surface area contributed by atoms with Gasteiger partial charge in [0.05, 0.1) is 27.6 Å². The van der Waals surface area contributed by atoms with Crippen LogP contribution in [0.2, 0.25) is 15.1 Å². The van der Waals surface area contributed by atoms with Crippen LogP contribution >= 0.6 is 34.8 Å².